The van der Waals surface area contributed by atoms with Crippen LogP contribution < -0.4 is 10.9 Å². The van der Waals surface area contributed by atoms with Gasteiger partial charge >= 0.3 is 0 Å². The van der Waals surface area contributed by atoms with Gasteiger partial charge in [-0.1, -0.05) is 46.9 Å². The lowest BCUT2D eigenvalue weighted by Crippen LogP contribution is -2.30. The second-order valence-corrected chi connectivity index (χ2v) is 3.91. The maximum Gasteiger partial charge on any atom is 0.0808 e. The molecule has 2 N–H and O–H groups in total. The van der Waals surface area contributed by atoms with Crippen LogP contribution >= 0.6 is 22.6 Å². The van der Waals surface area contributed by atoms with E-state index in [2.05, 4.69) is 57.7 Å². The summed E-state index contributed by atoms with van der Waals surface area (Å²) in [6.45, 7) is 0. The summed E-state index contributed by atoms with van der Waals surface area (Å²) in [4.78, 5) is 0. The third-order valence-electron chi connectivity index (χ3n) is 1.90. The van der Waals surface area contributed by atoms with E-state index in [4.69, 9.17) is 0 Å². The summed E-state index contributed by atoms with van der Waals surface area (Å²) in [5.74, 6) is 0.630. The van der Waals surface area contributed by atoms with Crippen molar-refractivity contribution in [2.45, 2.75) is 10.1 Å². The number of allylic oxidation sites excluding steroid dienone is 2. The molecule has 2 aliphatic rings. The fraction of sp³-hybridized carbons (Fsp3) is 0.429. The molecule has 3 heteroatoms. The highest BCUT2D eigenvalue weighted by Crippen LogP contribution is 2.24. The van der Waals surface area contributed by atoms with Gasteiger partial charge in [0.1, 0.15) is 0 Å². The van der Waals surface area contributed by atoms with Gasteiger partial charge in [-0.3, -0.25) is 0 Å². The maximum absolute atomic E-state index is 3.21. The summed E-state index contributed by atoms with van der Waals surface area (Å²) >= 11 is 2.41. The third-order valence-corrected chi connectivity index (χ3v) is 3.05. The van der Waals surface area contributed by atoms with Crippen molar-refractivity contribution < 1.29 is 0 Å². The first-order valence-electron chi connectivity index (χ1n) is 3.38. The summed E-state index contributed by atoms with van der Waals surface area (Å²) in [7, 11) is 0. The van der Waals surface area contributed by atoms with Crippen LogP contribution in [0.4, 0.5) is 0 Å². The van der Waals surface area contributed by atoms with Crippen LogP contribution in [0.1, 0.15) is 0 Å². The average Bonchev–Trinajstić information content (AvgIpc) is 2.34. The van der Waals surface area contributed by atoms with E-state index in [1.165, 1.54) is 0 Å². The van der Waals surface area contributed by atoms with Gasteiger partial charge in [0.25, 0.3) is 0 Å². The molecule has 1 aliphatic carbocycles. The number of hydrogen-bond acceptors (Lipinski definition) is 2. The molecule has 1 fully saturated rings. The van der Waals surface area contributed by atoms with Gasteiger partial charge in [0.05, 0.1) is 4.05 Å². The van der Waals surface area contributed by atoms with Crippen LogP contribution in [0.3, 0.4) is 0 Å². The Hall–Kier alpha value is 0.130. The van der Waals surface area contributed by atoms with Crippen molar-refractivity contribution in [3.05, 3.63) is 24.3 Å². The van der Waals surface area contributed by atoms with E-state index in [0.29, 0.717) is 16.0 Å². The summed E-state index contributed by atoms with van der Waals surface area (Å²) in [6.07, 6.45) is 8.64. The van der Waals surface area contributed by atoms with Crippen molar-refractivity contribution in [2.24, 2.45) is 5.92 Å². The molecule has 3 atom stereocenters. The standard InChI is InChI=1S/C7H9IN2/c8-7-5-3-1-2-4-6(5)9-10-7/h1-7,9-10H. The number of fused-ring (bicyclic) bond motifs is 1. The second-order valence-electron chi connectivity index (χ2n) is 2.56. The van der Waals surface area contributed by atoms with Gasteiger partial charge in [0.15, 0.2) is 0 Å². The van der Waals surface area contributed by atoms with Crippen molar-refractivity contribution in [2.75, 3.05) is 0 Å². The monoisotopic (exact) mass is 248 g/mol. The lowest BCUT2D eigenvalue weighted by Gasteiger charge is -2.14. The zero-order valence-corrected chi connectivity index (χ0v) is 7.58. The first-order valence-corrected chi connectivity index (χ1v) is 4.62. The van der Waals surface area contributed by atoms with E-state index in [-0.39, 0.29) is 0 Å². The van der Waals surface area contributed by atoms with Crippen LogP contribution in [0, 0.1) is 5.92 Å². The number of nitrogens with one attached hydrogen (secondary N) is 2. The topological polar surface area (TPSA) is 24.1 Å². The van der Waals surface area contributed by atoms with Crippen LogP contribution in [0.5, 0.6) is 0 Å². The molecular weight excluding hydrogens is 239 g/mol. The molecule has 3 unspecified atom stereocenters. The zero-order chi connectivity index (χ0) is 6.97. The van der Waals surface area contributed by atoms with Crippen LogP contribution in [0.2, 0.25) is 0 Å². The van der Waals surface area contributed by atoms with Crippen molar-refractivity contribution in [1.82, 2.24) is 10.9 Å². The van der Waals surface area contributed by atoms with Crippen molar-refractivity contribution >= 4 is 22.6 Å². The molecule has 2 rings (SSSR count). The molecular formula is C7H9IN2. The Labute approximate surface area is 73.9 Å². The first kappa shape index (κ1) is 6.82. The number of alkyl halides is 1. The van der Waals surface area contributed by atoms with E-state index in [1.807, 2.05) is 0 Å². The molecule has 0 amide bonds. The Morgan fingerprint density at radius 2 is 1.90 bits per heavy atom. The van der Waals surface area contributed by atoms with E-state index < -0.39 is 0 Å². The first-order chi connectivity index (χ1) is 4.88. The molecule has 0 saturated carbocycles. The summed E-state index contributed by atoms with van der Waals surface area (Å²) < 4.78 is 0.531. The largest absolute Gasteiger partial charge is 0.249 e. The molecule has 0 aromatic rings. The molecule has 0 aromatic carbocycles. The molecule has 0 bridgehead atoms. The molecule has 1 heterocycles. The van der Waals surface area contributed by atoms with E-state index >= 15 is 0 Å². The molecule has 10 heavy (non-hydrogen) atoms. The molecule has 2 nitrogen and oxygen atoms in total. The lowest BCUT2D eigenvalue weighted by molar-refractivity contribution is 0.601. The molecule has 0 spiro atoms. The normalized spacial score (nSPS) is 43.9. The van der Waals surface area contributed by atoms with Gasteiger partial charge in [0.2, 0.25) is 0 Å². The Morgan fingerprint density at radius 1 is 1.10 bits per heavy atom. The van der Waals surface area contributed by atoms with Crippen molar-refractivity contribution in [1.29, 1.82) is 0 Å². The number of hydrazine groups is 1. The molecule has 0 aromatic heterocycles. The fourth-order valence-corrected chi connectivity index (χ4v) is 2.19. The SMILES string of the molecule is IC1NNC2C=CC=CC12. The van der Waals surface area contributed by atoms with Crippen LogP contribution in [0.25, 0.3) is 0 Å². The van der Waals surface area contributed by atoms with E-state index in [0.717, 1.165) is 0 Å². The molecule has 1 saturated heterocycles. The van der Waals surface area contributed by atoms with Crippen LogP contribution in [0.15, 0.2) is 24.3 Å². The minimum absolute atomic E-state index is 0.506. The van der Waals surface area contributed by atoms with Gasteiger partial charge < -0.3 is 0 Å². The quantitative estimate of drug-likeness (QED) is 0.379. The fourth-order valence-electron chi connectivity index (χ4n) is 1.32. The Morgan fingerprint density at radius 3 is 2.70 bits per heavy atom. The lowest BCUT2D eigenvalue weighted by atomic mass is 9.98. The second kappa shape index (κ2) is 2.64. The number of halogens is 1. The highest BCUT2D eigenvalue weighted by molar-refractivity contribution is 14.1. The third kappa shape index (κ3) is 1.02. The van der Waals surface area contributed by atoms with Gasteiger partial charge in [0, 0.05) is 12.0 Å². The Balaban J connectivity index is 2.19. The summed E-state index contributed by atoms with van der Waals surface area (Å²) in [6, 6.07) is 0.506. The highest BCUT2D eigenvalue weighted by Gasteiger charge is 2.30. The van der Waals surface area contributed by atoms with Gasteiger partial charge in [-0.25, -0.2) is 10.9 Å². The van der Waals surface area contributed by atoms with E-state index in [1.54, 1.807) is 0 Å². The number of hydrogen-bond donors (Lipinski definition) is 2. The smallest absolute Gasteiger partial charge is 0.0808 e. The molecule has 0 radical (unpaired) electrons. The van der Waals surface area contributed by atoms with Crippen molar-refractivity contribution in [3.8, 4) is 0 Å². The number of rotatable bonds is 0. The highest BCUT2D eigenvalue weighted by atomic mass is 127. The van der Waals surface area contributed by atoms with Crippen LogP contribution in [-0.4, -0.2) is 10.1 Å². The Bertz CT molecular complexity index is 188. The minimum atomic E-state index is 0.506. The van der Waals surface area contributed by atoms with Gasteiger partial charge in [-0.15, -0.1) is 0 Å². The molecule has 1 aliphatic heterocycles. The Kier molecular flexibility index (Phi) is 1.80. The van der Waals surface area contributed by atoms with Gasteiger partial charge in [-0.05, 0) is 0 Å². The predicted octanol–water partition coefficient (Wildman–Crippen LogP) is 0.966. The predicted molar refractivity (Wildman–Crippen MR) is 49.6 cm³/mol. The summed E-state index contributed by atoms with van der Waals surface area (Å²) in [5.41, 5.74) is 6.41. The summed E-state index contributed by atoms with van der Waals surface area (Å²) in [5, 5.41) is 0. The van der Waals surface area contributed by atoms with Crippen molar-refractivity contribution in [3.63, 3.8) is 0 Å². The van der Waals surface area contributed by atoms with E-state index in [9.17, 15) is 0 Å². The van der Waals surface area contributed by atoms with Gasteiger partial charge in [-0.2, -0.15) is 0 Å². The molecule has 54 valence electrons. The average molecular weight is 248 g/mol. The minimum Gasteiger partial charge on any atom is -0.249 e. The zero-order valence-electron chi connectivity index (χ0n) is 5.42. The van der Waals surface area contributed by atoms with Crippen LogP contribution in [-0.2, 0) is 0 Å². The maximum atomic E-state index is 3.21.